The minimum atomic E-state index is -0.131. The zero-order chi connectivity index (χ0) is 14.4. The Morgan fingerprint density at radius 2 is 2.26 bits per heavy atom. The highest BCUT2D eigenvalue weighted by Gasteiger charge is 2.22. The highest BCUT2D eigenvalue weighted by atomic mass is 32.1. The van der Waals surface area contributed by atoms with Crippen molar-refractivity contribution in [2.45, 2.75) is 20.3 Å². The third-order valence-electron chi connectivity index (χ3n) is 2.62. The standard InChI is InChI=1S/C13H19N3O2S/c1-8(2)11(17)12-10(15)9(7-14)13(19-12)16-5-4-6-18-3/h8,16H,4-6,15H2,1-3H3. The molecule has 0 aromatic carbocycles. The Hall–Kier alpha value is -1.58. The van der Waals surface area contributed by atoms with E-state index in [1.165, 1.54) is 11.3 Å². The number of anilines is 2. The van der Waals surface area contributed by atoms with Crippen LogP contribution in [0.25, 0.3) is 0 Å². The molecule has 0 atom stereocenters. The van der Waals surface area contributed by atoms with E-state index in [0.717, 1.165) is 6.42 Å². The van der Waals surface area contributed by atoms with Gasteiger partial charge in [0.15, 0.2) is 5.78 Å². The normalized spacial score (nSPS) is 10.5. The van der Waals surface area contributed by atoms with E-state index >= 15 is 0 Å². The second-order valence-electron chi connectivity index (χ2n) is 4.45. The Morgan fingerprint density at radius 3 is 2.79 bits per heavy atom. The van der Waals surface area contributed by atoms with E-state index in [0.29, 0.717) is 34.3 Å². The molecule has 0 aliphatic rings. The van der Waals surface area contributed by atoms with Gasteiger partial charge in [0.05, 0.1) is 10.6 Å². The summed E-state index contributed by atoms with van der Waals surface area (Å²) in [6, 6.07) is 2.06. The first-order chi connectivity index (χ1) is 9.02. The molecule has 0 radical (unpaired) electrons. The van der Waals surface area contributed by atoms with Crippen LogP contribution in [0.15, 0.2) is 0 Å². The molecule has 0 saturated heterocycles. The van der Waals surface area contributed by atoms with Crippen molar-refractivity contribution in [3.8, 4) is 6.07 Å². The van der Waals surface area contributed by atoms with E-state index in [1.807, 2.05) is 13.8 Å². The first-order valence-corrected chi connectivity index (χ1v) is 6.94. The van der Waals surface area contributed by atoms with Crippen molar-refractivity contribution in [2.24, 2.45) is 5.92 Å². The van der Waals surface area contributed by atoms with Crippen LogP contribution in [-0.4, -0.2) is 26.0 Å². The van der Waals surface area contributed by atoms with Gasteiger partial charge in [-0.1, -0.05) is 13.8 Å². The lowest BCUT2D eigenvalue weighted by Crippen LogP contribution is -2.07. The van der Waals surface area contributed by atoms with Crippen LogP contribution in [0.4, 0.5) is 10.7 Å². The molecule has 104 valence electrons. The Labute approximate surface area is 117 Å². The largest absolute Gasteiger partial charge is 0.396 e. The molecule has 0 spiro atoms. The third kappa shape index (κ3) is 3.69. The van der Waals surface area contributed by atoms with Crippen molar-refractivity contribution in [1.29, 1.82) is 5.26 Å². The van der Waals surface area contributed by atoms with E-state index in [4.69, 9.17) is 15.7 Å². The van der Waals surface area contributed by atoms with Crippen LogP contribution < -0.4 is 11.1 Å². The molecule has 1 aromatic heterocycles. The van der Waals surface area contributed by atoms with Crippen molar-refractivity contribution in [3.05, 3.63) is 10.4 Å². The van der Waals surface area contributed by atoms with Crippen LogP contribution >= 0.6 is 11.3 Å². The second kappa shape index (κ2) is 7.12. The maximum absolute atomic E-state index is 12.0. The lowest BCUT2D eigenvalue weighted by Gasteiger charge is -2.03. The van der Waals surface area contributed by atoms with Gasteiger partial charge >= 0.3 is 0 Å². The van der Waals surface area contributed by atoms with Crippen LogP contribution in [-0.2, 0) is 4.74 Å². The average Bonchev–Trinajstić information content (AvgIpc) is 2.70. The number of thiophene rings is 1. The maximum Gasteiger partial charge on any atom is 0.177 e. The minimum absolute atomic E-state index is 0.0241. The lowest BCUT2D eigenvalue weighted by atomic mass is 10.1. The Bertz CT molecular complexity index is 489. The Morgan fingerprint density at radius 1 is 1.58 bits per heavy atom. The SMILES string of the molecule is COCCCNc1sc(C(=O)C(C)C)c(N)c1C#N. The Balaban J connectivity index is 2.90. The second-order valence-corrected chi connectivity index (χ2v) is 5.47. The molecule has 0 bridgehead atoms. The van der Waals surface area contributed by atoms with Gasteiger partial charge in [-0.15, -0.1) is 11.3 Å². The number of carbonyl (C=O) groups is 1. The number of nitrogens with one attached hydrogen (secondary N) is 1. The van der Waals surface area contributed by atoms with E-state index in [-0.39, 0.29) is 11.7 Å². The van der Waals surface area contributed by atoms with E-state index in [2.05, 4.69) is 11.4 Å². The van der Waals surface area contributed by atoms with Crippen molar-refractivity contribution in [1.82, 2.24) is 0 Å². The van der Waals surface area contributed by atoms with Gasteiger partial charge in [-0.3, -0.25) is 4.79 Å². The highest BCUT2D eigenvalue weighted by Crippen LogP contribution is 2.36. The van der Waals surface area contributed by atoms with Crippen molar-refractivity contribution >= 4 is 27.8 Å². The maximum atomic E-state index is 12.0. The summed E-state index contributed by atoms with van der Waals surface area (Å²) in [5.74, 6) is -0.155. The zero-order valence-electron chi connectivity index (χ0n) is 11.4. The van der Waals surface area contributed by atoms with Crippen LogP contribution in [0.1, 0.15) is 35.5 Å². The number of ether oxygens (including phenoxy) is 1. The van der Waals surface area contributed by atoms with Gasteiger partial charge in [0.2, 0.25) is 0 Å². The molecule has 0 fully saturated rings. The molecule has 0 saturated carbocycles. The Kier molecular flexibility index (Phi) is 5.80. The number of hydrogen-bond donors (Lipinski definition) is 2. The van der Waals surface area contributed by atoms with Gasteiger partial charge in [-0.2, -0.15) is 5.26 Å². The topological polar surface area (TPSA) is 88.1 Å². The molecule has 0 amide bonds. The molecular formula is C13H19N3O2S. The van der Waals surface area contributed by atoms with Crippen LogP contribution in [0.2, 0.25) is 0 Å². The number of methoxy groups -OCH3 is 1. The quantitative estimate of drug-likeness (QED) is 0.592. The molecule has 3 N–H and O–H groups in total. The molecule has 1 rings (SSSR count). The molecule has 5 nitrogen and oxygen atoms in total. The first kappa shape index (κ1) is 15.5. The molecule has 1 aromatic rings. The summed E-state index contributed by atoms with van der Waals surface area (Å²) in [7, 11) is 1.64. The molecule has 0 aliphatic heterocycles. The van der Waals surface area contributed by atoms with Crippen molar-refractivity contribution < 1.29 is 9.53 Å². The summed E-state index contributed by atoms with van der Waals surface area (Å²) >= 11 is 1.26. The smallest absolute Gasteiger partial charge is 0.177 e. The fourth-order valence-corrected chi connectivity index (χ4v) is 2.73. The van der Waals surface area contributed by atoms with Gasteiger partial charge < -0.3 is 15.8 Å². The molecule has 0 aliphatic carbocycles. The molecule has 19 heavy (non-hydrogen) atoms. The monoisotopic (exact) mass is 281 g/mol. The van der Waals surface area contributed by atoms with E-state index in [9.17, 15) is 4.79 Å². The van der Waals surface area contributed by atoms with Gasteiger partial charge in [-0.25, -0.2) is 0 Å². The van der Waals surface area contributed by atoms with Gasteiger partial charge in [-0.05, 0) is 6.42 Å². The number of Topliss-reactive ketones (excluding diaryl/α,β-unsaturated/α-hetero) is 1. The third-order valence-corrected chi connectivity index (χ3v) is 3.79. The number of nitrogen functional groups attached to an aromatic ring is 1. The predicted molar refractivity (Wildman–Crippen MR) is 77.6 cm³/mol. The number of carbonyl (C=O) groups excluding carboxylic acids is 1. The fourth-order valence-electron chi connectivity index (χ4n) is 1.54. The number of hydrogen-bond acceptors (Lipinski definition) is 6. The summed E-state index contributed by atoms with van der Waals surface area (Å²) in [4.78, 5) is 12.5. The predicted octanol–water partition coefficient (Wildman–Crippen LogP) is 2.49. The number of nitrogens with two attached hydrogens (primary N) is 1. The molecular weight excluding hydrogens is 262 g/mol. The summed E-state index contributed by atoms with van der Waals surface area (Å²) < 4.78 is 4.95. The van der Waals surface area contributed by atoms with Crippen molar-refractivity contribution in [2.75, 3.05) is 31.3 Å². The average molecular weight is 281 g/mol. The van der Waals surface area contributed by atoms with Gasteiger partial charge in [0.1, 0.15) is 16.6 Å². The number of nitriles is 1. The van der Waals surface area contributed by atoms with Crippen LogP contribution in [0.5, 0.6) is 0 Å². The van der Waals surface area contributed by atoms with Gasteiger partial charge in [0.25, 0.3) is 0 Å². The van der Waals surface area contributed by atoms with E-state index < -0.39 is 0 Å². The first-order valence-electron chi connectivity index (χ1n) is 6.12. The van der Waals surface area contributed by atoms with Crippen LogP contribution in [0.3, 0.4) is 0 Å². The zero-order valence-corrected chi connectivity index (χ0v) is 12.3. The molecule has 6 heteroatoms. The molecule has 1 heterocycles. The summed E-state index contributed by atoms with van der Waals surface area (Å²) in [6.45, 7) is 4.96. The minimum Gasteiger partial charge on any atom is -0.396 e. The number of rotatable bonds is 7. The number of ketones is 1. The van der Waals surface area contributed by atoms with E-state index in [1.54, 1.807) is 7.11 Å². The summed E-state index contributed by atoms with van der Waals surface area (Å²) in [5.41, 5.74) is 6.55. The van der Waals surface area contributed by atoms with Gasteiger partial charge in [0, 0.05) is 26.2 Å². The fraction of sp³-hybridized carbons (Fsp3) is 0.538. The highest BCUT2D eigenvalue weighted by molar-refractivity contribution is 7.19. The van der Waals surface area contributed by atoms with Crippen LogP contribution in [0, 0.1) is 17.2 Å². The lowest BCUT2D eigenvalue weighted by molar-refractivity contribution is 0.0944. The summed E-state index contributed by atoms with van der Waals surface area (Å²) in [5, 5.41) is 12.9. The summed E-state index contributed by atoms with van der Waals surface area (Å²) in [6.07, 6.45) is 0.826. The molecule has 0 unspecified atom stereocenters. The van der Waals surface area contributed by atoms with Crippen molar-refractivity contribution in [3.63, 3.8) is 0 Å². The number of nitrogens with zero attached hydrogens (tertiary/aromatic N) is 1.